The minimum atomic E-state index is 0.119. The zero-order valence-electron chi connectivity index (χ0n) is 8.34. The molecule has 13 heavy (non-hydrogen) atoms. The third-order valence-electron chi connectivity index (χ3n) is 3.32. The normalized spacial score (nSPS) is 37.0. The van der Waals surface area contributed by atoms with Crippen LogP contribution in [0.5, 0.6) is 0 Å². The van der Waals surface area contributed by atoms with Gasteiger partial charge in [-0.15, -0.1) is 0 Å². The fourth-order valence-corrected chi connectivity index (χ4v) is 2.30. The molecule has 2 rings (SSSR count). The topological polar surface area (TPSA) is 41.1 Å². The molecule has 3 atom stereocenters. The minimum absolute atomic E-state index is 0.119. The lowest BCUT2D eigenvalue weighted by Gasteiger charge is -2.40. The highest BCUT2D eigenvalue weighted by atomic mass is 16.1. The van der Waals surface area contributed by atoms with E-state index < -0.39 is 0 Å². The van der Waals surface area contributed by atoms with Crippen LogP contribution in [-0.4, -0.2) is 25.0 Å². The maximum atomic E-state index is 11.4. The Labute approximate surface area is 79.3 Å². The molecule has 2 fully saturated rings. The van der Waals surface area contributed by atoms with Gasteiger partial charge < -0.3 is 10.6 Å². The average Bonchev–Trinajstić information content (AvgIpc) is 2.42. The number of fused-ring (bicyclic) bond motifs is 1. The molecule has 74 valence electrons. The van der Waals surface area contributed by atoms with Gasteiger partial charge in [-0.3, -0.25) is 4.79 Å². The summed E-state index contributed by atoms with van der Waals surface area (Å²) >= 11 is 0. The highest BCUT2D eigenvalue weighted by molar-refractivity contribution is 5.78. The Bertz CT molecular complexity index is 215. The molecule has 3 nitrogen and oxygen atoms in total. The van der Waals surface area contributed by atoms with Gasteiger partial charge in [0.05, 0.1) is 0 Å². The van der Waals surface area contributed by atoms with Crippen molar-refractivity contribution in [3.63, 3.8) is 0 Å². The summed E-state index contributed by atoms with van der Waals surface area (Å²) in [6, 6.07) is 0.454. The minimum Gasteiger partial charge on any atom is -0.353 e. The number of carbonyl (C=O) groups is 1. The number of rotatable bonds is 2. The van der Waals surface area contributed by atoms with E-state index >= 15 is 0 Å². The van der Waals surface area contributed by atoms with Gasteiger partial charge in [0.25, 0.3) is 0 Å². The van der Waals surface area contributed by atoms with Crippen LogP contribution in [0.4, 0.5) is 0 Å². The Morgan fingerprint density at radius 3 is 2.85 bits per heavy atom. The van der Waals surface area contributed by atoms with E-state index in [-0.39, 0.29) is 11.8 Å². The molecule has 0 aromatic rings. The molecule has 0 unspecified atom stereocenters. The molecule has 1 heterocycles. The Kier molecular flexibility index (Phi) is 2.28. The molecule has 3 heteroatoms. The molecule has 2 aliphatic rings. The third-order valence-corrected chi connectivity index (χ3v) is 3.32. The van der Waals surface area contributed by atoms with E-state index in [1.165, 1.54) is 6.42 Å². The smallest absolute Gasteiger partial charge is 0.222 e. The molecule has 1 saturated carbocycles. The van der Waals surface area contributed by atoms with Crippen molar-refractivity contribution in [2.45, 2.75) is 26.3 Å². The van der Waals surface area contributed by atoms with Crippen molar-refractivity contribution in [2.75, 3.05) is 13.1 Å². The second-order valence-electron chi connectivity index (χ2n) is 4.59. The van der Waals surface area contributed by atoms with Crippen LogP contribution < -0.4 is 10.6 Å². The van der Waals surface area contributed by atoms with Crippen LogP contribution in [0.25, 0.3) is 0 Å². The lowest BCUT2D eigenvalue weighted by atomic mass is 9.71. The van der Waals surface area contributed by atoms with Crippen LogP contribution >= 0.6 is 0 Å². The molecule has 0 radical (unpaired) electrons. The third kappa shape index (κ3) is 1.57. The standard InChI is InChI=1S/C10H18N2O/c1-6(2)10(13)12-9-3-7-4-11-5-8(7)9/h6-9,11H,3-5H2,1-2H3,(H,12,13)/t7-,8+,9+/m1/s1. The predicted octanol–water partition coefficient (Wildman–Crippen LogP) is 0.366. The van der Waals surface area contributed by atoms with E-state index in [2.05, 4.69) is 10.6 Å². The molecule has 0 bridgehead atoms. The van der Waals surface area contributed by atoms with Gasteiger partial charge in [-0.25, -0.2) is 0 Å². The monoisotopic (exact) mass is 182 g/mol. The van der Waals surface area contributed by atoms with Crippen molar-refractivity contribution in [2.24, 2.45) is 17.8 Å². The first-order valence-electron chi connectivity index (χ1n) is 5.19. The maximum absolute atomic E-state index is 11.4. The molecular formula is C10H18N2O. The number of nitrogens with one attached hydrogen (secondary N) is 2. The molecule has 1 amide bonds. The number of hydrogen-bond acceptors (Lipinski definition) is 2. The summed E-state index contributed by atoms with van der Waals surface area (Å²) in [5.41, 5.74) is 0. The first-order valence-corrected chi connectivity index (χ1v) is 5.19. The van der Waals surface area contributed by atoms with Crippen molar-refractivity contribution in [1.29, 1.82) is 0 Å². The number of amides is 1. The molecule has 2 N–H and O–H groups in total. The summed E-state index contributed by atoms with van der Waals surface area (Å²) in [5, 5.41) is 6.47. The molecule has 0 spiro atoms. The Morgan fingerprint density at radius 1 is 1.46 bits per heavy atom. The quantitative estimate of drug-likeness (QED) is 0.647. The van der Waals surface area contributed by atoms with Crippen LogP contribution in [0.1, 0.15) is 20.3 Å². The summed E-state index contributed by atoms with van der Waals surface area (Å²) in [6.07, 6.45) is 1.18. The van der Waals surface area contributed by atoms with E-state index in [1.54, 1.807) is 0 Å². The summed E-state index contributed by atoms with van der Waals surface area (Å²) in [7, 11) is 0. The van der Waals surface area contributed by atoms with Gasteiger partial charge in [-0.2, -0.15) is 0 Å². The fraction of sp³-hybridized carbons (Fsp3) is 0.900. The summed E-state index contributed by atoms with van der Waals surface area (Å²) < 4.78 is 0. The highest BCUT2D eigenvalue weighted by Gasteiger charge is 2.44. The number of hydrogen-bond donors (Lipinski definition) is 2. The van der Waals surface area contributed by atoms with Crippen LogP contribution in [0.2, 0.25) is 0 Å². The second-order valence-corrected chi connectivity index (χ2v) is 4.59. The van der Waals surface area contributed by atoms with Crippen LogP contribution in [0.15, 0.2) is 0 Å². The first kappa shape index (κ1) is 9.00. The molecular weight excluding hydrogens is 164 g/mol. The molecule has 1 aliphatic carbocycles. The Balaban J connectivity index is 1.81. The van der Waals surface area contributed by atoms with Crippen LogP contribution in [-0.2, 0) is 4.79 Å². The molecule has 0 aromatic carbocycles. The molecule has 1 saturated heterocycles. The van der Waals surface area contributed by atoms with E-state index in [1.807, 2.05) is 13.8 Å². The summed E-state index contributed by atoms with van der Waals surface area (Å²) in [5.74, 6) is 1.86. The average molecular weight is 182 g/mol. The second kappa shape index (κ2) is 3.29. The van der Waals surface area contributed by atoms with E-state index in [0.717, 1.165) is 19.0 Å². The van der Waals surface area contributed by atoms with Gasteiger partial charge in [0.15, 0.2) is 0 Å². The fourth-order valence-electron chi connectivity index (χ4n) is 2.30. The van der Waals surface area contributed by atoms with Gasteiger partial charge in [0.1, 0.15) is 0 Å². The largest absolute Gasteiger partial charge is 0.353 e. The van der Waals surface area contributed by atoms with Crippen molar-refractivity contribution in [3.8, 4) is 0 Å². The summed E-state index contributed by atoms with van der Waals surface area (Å²) in [6.45, 7) is 6.13. The first-order chi connectivity index (χ1) is 6.18. The van der Waals surface area contributed by atoms with Crippen LogP contribution in [0, 0.1) is 17.8 Å². The van der Waals surface area contributed by atoms with Crippen molar-refractivity contribution < 1.29 is 4.79 Å². The Hall–Kier alpha value is -0.570. The zero-order valence-corrected chi connectivity index (χ0v) is 8.34. The van der Waals surface area contributed by atoms with Crippen molar-refractivity contribution in [3.05, 3.63) is 0 Å². The van der Waals surface area contributed by atoms with Gasteiger partial charge in [0, 0.05) is 18.5 Å². The van der Waals surface area contributed by atoms with Gasteiger partial charge in [-0.05, 0) is 24.8 Å². The highest BCUT2D eigenvalue weighted by Crippen LogP contribution is 2.37. The van der Waals surface area contributed by atoms with Crippen molar-refractivity contribution >= 4 is 5.91 Å². The van der Waals surface area contributed by atoms with Crippen molar-refractivity contribution in [1.82, 2.24) is 10.6 Å². The van der Waals surface area contributed by atoms with Gasteiger partial charge in [0.2, 0.25) is 5.91 Å². The van der Waals surface area contributed by atoms with E-state index in [0.29, 0.717) is 12.0 Å². The maximum Gasteiger partial charge on any atom is 0.222 e. The summed E-state index contributed by atoms with van der Waals surface area (Å²) in [4.78, 5) is 11.4. The lowest BCUT2D eigenvalue weighted by molar-refractivity contribution is -0.126. The number of carbonyl (C=O) groups excluding carboxylic acids is 1. The van der Waals surface area contributed by atoms with Crippen LogP contribution in [0.3, 0.4) is 0 Å². The molecule has 1 aliphatic heterocycles. The SMILES string of the molecule is CC(C)C(=O)N[C@H]1C[C@@H]2CNC[C@@H]21. The molecule has 0 aromatic heterocycles. The van der Waals surface area contributed by atoms with Gasteiger partial charge in [-0.1, -0.05) is 13.8 Å². The van der Waals surface area contributed by atoms with E-state index in [9.17, 15) is 4.79 Å². The van der Waals surface area contributed by atoms with E-state index in [4.69, 9.17) is 0 Å². The Morgan fingerprint density at radius 2 is 2.23 bits per heavy atom. The predicted molar refractivity (Wildman–Crippen MR) is 51.2 cm³/mol. The zero-order chi connectivity index (χ0) is 9.42. The van der Waals surface area contributed by atoms with Gasteiger partial charge >= 0.3 is 0 Å². The lowest BCUT2D eigenvalue weighted by Crippen LogP contribution is -2.52.